The van der Waals surface area contributed by atoms with Crippen LogP contribution in [0.2, 0.25) is 0 Å². The molecule has 0 aliphatic carbocycles. The Morgan fingerprint density at radius 1 is 0.297 bits per heavy atom. The summed E-state index contributed by atoms with van der Waals surface area (Å²) < 4.78 is 15.3. The predicted octanol–water partition coefficient (Wildman–Crippen LogP) is 17.1. The van der Waals surface area contributed by atoms with Crippen molar-refractivity contribution in [3.8, 4) is 39.1 Å². The molecule has 0 saturated heterocycles. The highest BCUT2D eigenvalue weighted by Crippen LogP contribution is 2.42. The molecule has 64 heavy (non-hydrogen) atoms. The second kappa shape index (κ2) is 14.5. The first-order valence-electron chi connectivity index (χ1n) is 21.7. The van der Waals surface area contributed by atoms with Crippen molar-refractivity contribution in [3.63, 3.8) is 0 Å². The Kier molecular flexibility index (Phi) is 8.18. The first-order valence-corrected chi connectivity index (χ1v) is 21.7. The van der Waals surface area contributed by atoms with Crippen LogP contribution in [-0.2, 0) is 0 Å². The highest BCUT2D eigenvalue weighted by Gasteiger charge is 2.20. The Labute approximate surface area is 369 Å². The van der Waals surface area contributed by atoms with E-state index in [4.69, 9.17) is 8.83 Å². The number of rotatable bonds is 7. The molecule has 0 aliphatic heterocycles. The predicted molar refractivity (Wildman–Crippen MR) is 266 cm³/mol. The lowest BCUT2D eigenvalue weighted by molar-refractivity contribution is 0.670. The second-order valence-corrected chi connectivity index (χ2v) is 16.5. The van der Waals surface area contributed by atoms with E-state index in [1.54, 1.807) is 0 Å². The zero-order valence-electron chi connectivity index (χ0n) is 34.7. The van der Waals surface area contributed by atoms with Crippen molar-refractivity contribution in [2.24, 2.45) is 0 Å². The van der Waals surface area contributed by atoms with Gasteiger partial charge in [0.05, 0.1) is 16.4 Å². The van der Waals surface area contributed by atoms with Gasteiger partial charge in [-0.1, -0.05) is 152 Å². The lowest BCUT2D eigenvalue weighted by Gasteiger charge is -2.26. The highest BCUT2D eigenvalue weighted by molar-refractivity contribution is 6.23. The van der Waals surface area contributed by atoms with Crippen LogP contribution in [0.3, 0.4) is 0 Å². The number of fused-ring (bicyclic) bond motifs is 10. The van der Waals surface area contributed by atoms with Crippen molar-refractivity contribution in [2.75, 3.05) is 4.90 Å². The molecule has 4 heteroatoms. The van der Waals surface area contributed by atoms with E-state index in [0.29, 0.717) is 0 Å². The van der Waals surface area contributed by atoms with Gasteiger partial charge >= 0.3 is 0 Å². The summed E-state index contributed by atoms with van der Waals surface area (Å²) in [6, 6.07) is 82.1. The molecule has 0 radical (unpaired) electrons. The molecule has 0 unspecified atom stereocenters. The summed E-state index contributed by atoms with van der Waals surface area (Å²) in [5.41, 5.74) is 17.1. The second-order valence-electron chi connectivity index (χ2n) is 16.5. The monoisotopic (exact) mass is 818 g/mol. The Bertz CT molecular complexity index is 3860. The van der Waals surface area contributed by atoms with Crippen LogP contribution in [-0.4, -0.2) is 4.57 Å². The lowest BCUT2D eigenvalue weighted by atomic mass is 10.0. The fraction of sp³-hybridized carbons (Fsp3) is 0. The minimum absolute atomic E-state index is 0.902. The molecule has 0 bridgehead atoms. The zero-order valence-corrected chi connectivity index (χ0v) is 34.7. The van der Waals surface area contributed by atoms with Crippen LogP contribution >= 0.6 is 0 Å². The van der Waals surface area contributed by atoms with Gasteiger partial charge in [0.1, 0.15) is 22.3 Å². The maximum atomic E-state index is 6.53. The molecule has 13 rings (SSSR count). The standard InChI is InChI=1S/C60H38N2O2/c1-2-11-39(12-3-1)40-21-29-44(30-22-40)61(46-35-27-43(28-36-46)48-16-10-17-51-49-13-5-8-19-56(49)63-59(48)51)45-31-23-41(24-32-45)42-25-33-47(34-26-42)62-54-18-7-4-15-53(54)58-55(62)38-37-52-50-14-6-9-20-57(50)64-60(52)58/h1-38H. The van der Waals surface area contributed by atoms with E-state index < -0.39 is 0 Å². The topological polar surface area (TPSA) is 34.5 Å². The summed E-state index contributed by atoms with van der Waals surface area (Å²) in [5.74, 6) is 0. The highest BCUT2D eigenvalue weighted by atomic mass is 16.3. The van der Waals surface area contributed by atoms with Crippen LogP contribution in [0.1, 0.15) is 0 Å². The van der Waals surface area contributed by atoms with Crippen LogP contribution in [0.5, 0.6) is 0 Å². The minimum Gasteiger partial charge on any atom is -0.455 e. The molecule has 13 aromatic rings. The van der Waals surface area contributed by atoms with E-state index in [1.165, 1.54) is 16.5 Å². The van der Waals surface area contributed by atoms with Gasteiger partial charge in [0.25, 0.3) is 0 Å². The van der Waals surface area contributed by atoms with Crippen LogP contribution in [0.15, 0.2) is 239 Å². The van der Waals surface area contributed by atoms with E-state index in [-0.39, 0.29) is 0 Å². The number of hydrogen-bond donors (Lipinski definition) is 0. The van der Waals surface area contributed by atoms with E-state index in [0.717, 1.165) is 105 Å². The molecule has 0 saturated carbocycles. The number of aromatic nitrogens is 1. The maximum absolute atomic E-state index is 6.53. The normalized spacial score (nSPS) is 11.8. The third-order valence-electron chi connectivity index (χ3n) is 12.8. The number of anilines is 3. The SMILES string of the molecule is c1ccc(-c2ccc(N(c3ccc(-c4ccc(-n5c6ccccc6c6c7oc8ccccc8c7ccc65)cc4)cc3)c3ccc(-c4cccc5c4oc4ccccc45)cc3)cc2)cc1. The third kappa shape index (κ3) is 5.77. The summed E-state index contributed by atoms with van der Waals surface area (Å²) in [6.45, 7) is 0. The van der Waals surface area contributed by atoms with Crippen molar-refractivity contribution in [3.05, 3.63) is 231 Å². The van der Waals surface area contributed by atoms with Crippen molar-refractivity contribution in [1.29, 1.82) is 0 Å². The summed E-state index contributed by atoms with van der Waals surface area (Å²) in [4.78, 5) is 2.33. The van der Waals surface area contributed by atoms with Crippen molar-refractivity contribution < 1.29 is 8.83 Å². The molecule has 300 valence electrons. The molecule has 0 spiro atoms. The molecule has 3 heterocycles. The van der Waals surface area contributed by atoms with Gasteiger partial charge in [-0.25, -0.2) is 0 Å². The molecule has 3 aromatic heterocycles. The van der Waals surface area contributed by atoms with Crippen molar-refractivity contribution in [1.82, 2.24) is 4.57 Å². The van der Waals surface area contributed by atoms with Gasteiger partial charge < -0.3 is 18.3 Å². The van der Waals surface area contributed by atoms with Gasteiger partial charge in [0.15, 0.2) is 0 Å². The van der Waals surface area contributed by atoms with Crippen LogP contribution in [0.25, 0.3) is 105 Å². The van der Waals surface area contributed by atoms with Crippen LogP contribution in [0, 0.1) is 0 Å². The lowest BCUT2D eigenvalue weighted by Crippen LogP contribution is -2.09. The zero-order chi connectivity index (χ0) is 42.1. The average Bonchev–Trinajstić information content (AvgIpc) is 4.05. The van der Waals surface area contributed by atoms with E-state index in [1.807, 2.05) is 18.2 Å². The van der Waals surface area contributed by atoms with Gasteiger partial charge in [0, 0.05) is 55.2 Å². The summed E-state index contributed by atoms with van der Waals surface area (Å²) in [5, 5.41) is 6.86. The molecule has 0 aliphatic rings. The van der Waals surface area contributed by atoms with E-state index in [2.05, 4.69) is 222 Å². The van der Waals surface area contributed by atoms with E-state index in [9.17, 15) is 0 Å². The molecule has 0 fully saturated rings. The van der Waals surface area contributed by atoms with Gasteiger partial charge in [-0.15, -0.1) is 0 Å². The molecule has 10 aromatic carbocycles. The summed E-state index contributed by atoms with van der Waals surface area (Å²) in [6.07, 6.45) is 0. The first kappa shape index (κ1) is 36.1. The first-order chi connectivity index (χ1) is 31.7. The quantitative estimate of drug-likeness (QED) is 0.161. The fourth-order valence-corrected chi connectivity index (χ4v) is 9.76. The molecule has 0 atom stereocenters. The van der Waals surface area contributed by atoms with Crippen molar-refractivity contribution in [2.45, 2.75) is 0 Å². The Morgan fingerprint density at radius 2 is 0.766 bits per heavy atom. The average molecular weight is 819 g/mol. The van der Waals surface area contributed by atoms with Gasteiger partial charge in [-0.2, -0.15) is 0 Å². The van der Waals surface area contributed by atoms with Gasteiger partial charge in [0.2, 0.25) is 0 Å². The number of furan rings is 2. The van der Waals surface area contributed by atoms with Crippen LogP contribution in [0.4, 0.5) is 17.1 Å². The van der Waals surface area contributed by atoms with Crippen LogP contribution < -0.4 is 4.90 Å². The molecular formula is C60H38N2O2. The van der Waals surface area contributed by atoms with Gasteiger partial charge in [-0.05, 0) is 107 Å². The molecule has 4 nitrogen and oxygen atoms in total. The third-order valence-corrected chi connectivity index (χ3v) is 12.8. The Balaban J connectivity index is 0.857. The summed E-state index contributed by atoms with van der Waals surface area (Å²) in [7, 11) is 0. The van der Waals surface area contributed by atoms with Gasteiger partial charge in [-0.3, -0.25) is 0 Å². The summed E-state index contributed by atoms with van der Waals surface area (Å²) >= 11 is 0. The minimum atomic E-state index is 0.902. The smallest absolute Gasteiger partial charge is 0.145 e. The largest absolute Gasteiger partial charge is 0.455 e. The molecule has 0 amide bonds. The van der Waals surface area contributed by atoms with E-state index >= 15 is 0 Å². The number of nitrogens with zero attached hydrogens (tertiary/aromatic N) is 2. The Hall–Kier alpha value is -8.60. The fourth-order valence-electron chi connectivity index (χ4n) is 9.76. The number of benzene rings is 10. The molecular weight excluding hydrogens is 781 g/mol. The number of hydrogen-bond acceptors (Lipinski definition) is 3. The molecule has 0 N–H and O–H groups in total. The maximum Gasteiger partial charge on any atom is 0.145 e. The Morgan fingerprint density at radius 3 is 1.39 bits per heavy atom. The van der Waals surface area contributed by atoms with Crippen molar-refractivity contribution >= 4 is 82.7 Å². The number of para-hydroxylation sites is 4.